The van der Waals surface area contributed by atoms with Crippen molar-refractivity contribution in [2.75, 3.05) is 21.6 Å². The van der Waals surface area contributed by atoms with Gasteiger partial charge >= 0.3 is 6.03 Å². The largest absolute Gasteiger partial charge is 0.457 e. The molecule has 0 saturated carbocycles. The number of carbonyl (C=O) groups is 1. The second kappa shape index (κ2) is 10.9. The van der Waals surface area contributed by atoms with Crippen LogP contribution in [0.5, 0.6) is 11.5 Å². The maximum Gasteiger partial charge on any atom is 0.323 e. The van der Waals surface area contributed by atoms with Crippen LogP contribution in [0.4, 0.5) is 22.0 Å². The number of fused-ring (bicyclic) bond motifs is 1. The first-order chi connectivity index (χ1) is 19.4. The van der Waals surface area contributed by atoms with Crippen LogP contribution >= 0.6 is 0 Å². The summed E-state index contributed by atoms with van der Waals surface area (Å²) in [5.74, 6) is 1.04. The standard InChI is InChI=1S/C29H29N7O4S/c1-29(2,3)36-18-25(27(34-36)20-7-12-24-19(16-20)6-5-14-30-24)33-28(37)32-21-8-10-22(11-9-21)40-23-13-15-31-26(17-23)35-41(4,38)39/h5-18H,1-4H3,(H,31,35)(H2,32,33,37). The number of nitrogens with one attached hydrogen (secondary N) is 3. The zero-order valence-corrected chi connectivity index (χ0v) is 23.7. The van der Waals surface area contributed by atoms with Crippen molar-refractivity contribution in [3.05, 3.63) is 85.3 Å². The number of hydrogen-bond donors (Lipinski definition) is 3. The van der Waals surface area contributed by atoms with E-state index in [1.165, 1.54) is 12.3 Å². The number of urea groups is 1. The second-order valence-corrected chi connectivity index (χ2v) is 12.1. The number of rotatable bonds is 7. The highest BCUT2D eigenvalue weighted by Gasteiger charge is 2.21. The van der Waals surface area contributed by atoms with E-state index >= 15 is 0 Å². The predicted molar refractivity (Wildman–Crippen MR) is 160 cm³/mol. The van der Waals surface area contributed by atoms with Gasteiger partial charge < -0.3 is 15.4 Å². The highest BCUT2D eigenvalue weighted by molar-refractivity contribution is 7.92. The van der Waals surface area contributed by atoms with Crippen molar-refractivity contribution in [2.45, 2.75) is 26.3 Å². The van der Waals surface area contributed by atoms with E-state index in [0.717, 1.165) is 22.7 Å². The molecule has 2 aromatic carbocycles. The fourth-order valence-corrected chi connectivity index (χ4v) is 4.48. The van der Waals surface area contributed by atoms with Crippen molar-refractivity contribution in [1.82, 2.24) is 19.7 Å². The van der Waals surface area contributed by atoms with Gasteiger partial charge in [0.05, 0.1) is 23.0 Å². The molecule has 0 aliphatic rings. The normalized spacial score (nSPS) is 11.7. The Hall–Kier alpha value is -4.97. The molecule has 210 valence electrons. The minimum atomic E-state index is -3.46. The summed E-state index contributed by atoms with van der Waals surface area (Å²) in [6, 6.07) is 19.2. The van der Waals surface area contributed by atoms with Crippen molar-refractivity contribution < 1.29 is 17.9 Å². The zero-order valence-electron chi connectivity index (χ0n) is 22.9. The summed E-state index contributed by atoms with van der Waals surface area (Å²) in [7, 11) is -3.46. The molecule has 0 saturated heterocycles. The van der Waals surface area contributed by atoms with Crippen molar-refractivity contribution in [3.63, 3.8) is 0 Å². The van der Waals surface area contributed by atoms with E-state index in [1.54, 1.807) is 36.5 Å². The van der Waals surface area contributed by atoms with Gasteiger partial charge in [0.2, 0.25) is 10.0 Å². The Bertz CT molecular complexity index is 1830. The summed E-state index contributed by atoms with van der Waals surface area (Å²) < 4.78 is 32.8. The number of ether oxygens (including phenoxy) is 1. The van der Waals surface area contributed by atoms with E-state index in [1.807, 2.05) is 62.0 Å². The molecule has 41 heavy (non-hydrogen) atoms. The Labute approximate surface area is 237 Å². The van der Waals surface area contributed by atoms with E-state index in [-0.39, 0.29) is 11.4 Å². The van der Waals surface area contributed by atoms with Crippen LogP contribution in [0.2, 0.25) is 0 Å². The van der Waals surface area contributed by atoms with Gasteiger partial charge in [0, 0.05) is 41.3 Å². The molecule has 3 N–H and O–H groups in total. The molecule has 0 bridgehead atoms. The Morgan fingerprint density at radius 1 is 0.902 bits per heavy atom. The number of benzene rings is 2. The van der Waals surface area contributed by atoms with Gasteiger partial charge in [-0.2, -0.15) is 5.10 Å². The monoisotopic (exact) mass is 571 g/mol. The topological polar surface area (TPSA) is 140 Å². The van der Waals surface area contributed by atoms with Gasteiger partial charge in [-0.3, -0.25) is 14.4 Å². The van der Waals surface area contributed by atoms with Crippen LogP contribution in [0.3, 0.4) is 0 Å². The molecule has 5 aromatic rings. The van der Waals surface area contributed by atoms with Crippen LogP contribution in [-0.2, 0) is 15.6 Å². The number of hydrogen-bond acceptors (Lipinski definition) is 7. The number of carbonyl (C=O) groups excluding carboxylic acids is 1. The van der Waals surface area contributed by atoms with Gasteiger partial charge in [-0.1, -0.05) is 12.1 Å². The molecule has 0 fully saturated rings. The first kappa shape index (κ1) is 27.6. The Balaban J connectivity index is 1.30. The third-order valence-corrected chi connectivity index (χ3v) is 6.48. The Kier molecular flexibility index (Phi) is 7.33. The summed E-state index contributed by atoms with van der Waals surface area (Å²) in [5, 5.41) is 11.5. The van der Waals surface area contributed by atoms with Crippen molar-refractivity contribution in [3.8, 4) is 22.8 Å². The molecule has 0 spiro atoms. The van der Waals surface area contributed by atoms with Crippen LogP contribution in [0.25, 0.3) is 22.2 Å². The minimum Gasteiger partial charge on any atom is -0.457 e. The van der Waals surface area contributed by atoms with E-state index in [2.05, 4.69) is 25.3 Å². The first-order valence-corrected chi connectivity index (χ1v) is 14.6. The minimum absolute atomic E-state index is 0.148. The van der Waals surface area contributed by atoms with Gasteiger partial charge in [0.25, 0.3) is 0 Å². The lowest BCUT2D eigenvalue weighted by Gasteiger charge is -2.18. The van der Waals surface area contributed by atoms with Gasteiger partial charge in [-0.15, -0.1) is 0 Å². The average Bonchev–Trinajstić information content (AvgIpc) is 3.33. The van der Waals surface area contributed by atoms with Crippen LogP contribution in [-0.4, -0.2) is 40.5 Å². The third-order valence-electron chi connectivity index (χ3n) is 5.90. The van der Waals surface area contributed by atoms with E-state index in [9.17, 15) is 13.2 Å². The number of aromatic nitrogens is 4. The maximum absolute atomic E-state index is 13.0. The van der Waals surface area contributed by atoms with E-state index in [0.29, 0.717) is 28.6 Å². The quantitative estimate of drug-likeness (QED) is 0.216. The first-order valence-electron chi connectivity index (χ1n) is 12.7. The van der Waals surface area contributed by atoms with E-state index in [4.69, 9.17) is 9.84 Å². The Morgan fingerprint density at radius 2 is 1.68 bits per heavy atom. The molecule has 0 aliphatic carbocycles. The van der Waals surface area contributed by atoms with Crippen LogP contribution in [0, 0.1) is 0 Å². The fraction of sp³-hybridized carbons (Fsp3) is 0.172. The number of sulfonamides is 1. The maximum atomic E-state index is 13.0. The summed E-state index contributed by atoms with van der Waals surface area (Å²) >= 11 is 0. The predicted octanol–water partition coefficient (Wildman–Crippen LogP) is 6.06. The van der Waals surface area contributed by atoms with Gasteiger partial charge in [0.15, 0.2) is 0 Å². The van der Waals surface area contributed by atoms with Gasteiger partial charge in [-0.05, 0) is 69.3 Å². The number of pyridine rings is 2. The third kappa shape index (κ3) is 6.97. The smallest absolute Gasteiger partial charge is 0.323 e. The summed E-state index contributed by atoms with van der Waals surface area (Å²) in [6.45, 7) is 6.11. The summed E-state index contributed by atoms with van der Waals surface area (Å²) in [6.07, 6.45) is 6.05. The molecule has 0 atom stereocenters. The number of amides is 2. The molecule has 12 heteroatoms. The van der Waals surface area contributed by atoms with Crippen molar-refractivity contribution >= 4 is 44.1 Å². The highest BCUT2D eigenvalue weighted by atomic mass is 32.2. The molecule has 3 heterocycles. The molecule has 0 unspecified atom stereocenters. The number of anilines is 3. The lowest BCUT2D eigenvalue weighted by molar-refractivity contribution is 0.262. The van der Waals surface area contributed by atoms with Crippen LogP contribution in [0.1, 0.15) is 20.8 Å². The summed E-state index contributed by atoms with van der Waals surface area (Å²) in [4.78, 5) is 21.4. The molecule has 0 radical (unpaired) electrons. The van der Waals surface area contributed by atoms with Crippen molar-refractivity contribution in [2.24, 2.45) is 0 Å². The molecule has 5 rings (SSSR count). The number of nitrogens with zero attached hydrogens (tertiary/aromatic N) is 4. The fourth-order valence-electron chi connectivity index (χ4n) is 3.99. The lowest BCUT2D eigenvalue weighted by atomic mass is 10.1. The van der Waals surface area contributed by atoms with Gasteiger partial charge in [0.1, 0.15) is 23.0 Å². The molecular formula is C29H29N7O4S. The van der Waals surface area contributed by atoms with Crippen LogP contribution < -0.4 is 20.1 Å². The summed E-state index contributed by atoms with van der Waals surface area (Å²) in [5.41, 5.74) is 3.20. The van der Waals surface area contributed by atoms with Gasteiger partial charge in [-0.25, -0.2) is 18.2 Å². The highest BCUT2D eigenvalue weighted by Crippen LogP contribution is 2.31. The molecule has 0 aliphatic heterocycles. The zero-order chi connectivity index (χ0) is 29.2. The second-order valence-electron chi connectivity index (χ2n) is 10.4. The molecule has 3 aromatic heterocycles. The molecular weight excluding hydrogens is 542 g/mol. The Morgan fingerprint density at radius 3 is 2.41 bits per heavy atom. The van der Waals surface area contributed by atoms with Crippen LogP contribution in [0.15, 0.2) is 85.3 Å². The molecule has 2 amide bonds. The van der Waals surface area contributed by atoms with Crippen molar-refractivity contribution in [1.29, 1.82) is 0 Å². The molecule has 11 nitrogen and oxygen atoms in total. The average molecular weight is 572 g/mol. The lowest BCUT2D eigenvalue weighted by Crippen LogP contribution is -2.22. The SMILES string of the molecule is CC(C)(C)n1cc(NC(=O)Nc2ccc(Oc3ccnc(NS(C)(=O)=O)c3)cc2)c(-c2ccc3ncccc3c2)n1. The van der Waals surface area contributed by atoms with E-state index < -0.39 is 16.1 Å².